The molecule has 0 saturated carbocycles. The molecule has 1 aromatic rings. The zero-order valence-electron chi connectivity index (χ0n) is 12.1. The molecule has 0 bridgehead atoms. The predicted octanol–water partition coefficient (Wildman–Crippen LogP) is 1.94. The number of hydrogen-bond donors (Lipinski definition) is 3. The molecule has 0 fully saturated rings. The van der Waals surface area contributed by atoms with Gasteiger partial charge in [0.15, 0.2) is 0 Å². The Morgan fingerprint density at radius 2 is 2.10 bits per heavy atom. The van der Waals surface area contributed by atoms with Crippen LogP contribution in [-0.4, -0.2) is 44.0 Å². The summed E-state index contributed by atoms with van der Waals surface area (Å²) in [5, 5.41) is 14.2. The van der Waals surface area contributed by atoms with Crippen LogP contribution in [0.2, 0.25) is 0 Å². The molecule has 7 nitrogen and oxygen atoms in total. The molecule has 0 saturated heterocycles. The van der Waals surface area contributed by atoms with Gasteiger partial charge in [-0.3, -0.25) is 0 Å². The van der Waals surface area contributed by atoms with Crippen LogP contribution in [0.5, 0.6) is 5.75 Å². The molecule has 0 spiro atoms. The predicted molar refractivity (Wildman–Crippen MR) is 78.1 cm³/mol. The molecule has 7 heteroatoms. The van der Waals surface area contributed by atoms with Crippen molar-refractivity contribution in [3.8, 4) is 5.75 Å². The van der Waals surface area contributed by atoms with Gasteiger partial charge < -0.3 is 25.2 Å². The first-order valence-electron chi connectivity index (χ1n) is 6.62. The van der Waals surface area contributed by atoms with Gasteiger partial charge in [-0.15, -0.1) is 0 Å². The summed E-state index contributed by atoms with van der Waals surface area (Å²) in [6.45, 7) is 3.54. The fraction of sp³-hybridized carbons (Fsp3) is 0.429. The van der Waals surface area contributed by atoms with Gasteiger partial charge in [-0.05, 0) is 25.5 Å². The molecule has 0 unspecified atom stereocenters. The molecule has 21 heavy (non-hydrogen) atoms. The third kappa shape index (κ3) is 5.70. The topological polar surface area (TPSA) is 96.9 Å². The molecule has 2 amide bonds. The molecule has 1 rings (SSSR count). The fourth-order valence-electron chi connectivity index (χ4n) is 1.63. The van der Waals surface area contributed by atoms with E-state index in [9.17, 15) is 9.59 Å². The van der Waals surface area contributed by atoms with Crippen molar-refractivity contribution in [3.05, 3.63) is 23.8 Å². The quantitative estimate of drug-likeness (QED) is 0.637. The van der Waals surface area contributed by atoms with Crippen LogP contribution in [0.3, 0.4) is 0 Å². The third-order valence-corrected chi connectivity index (χ3v) is 2.66. The van der Waals surface area contributed by atoms with E-state index in [4.69, 9.17) is 14.6 Å². The summed E-state index contributed by atoms with van der Waals surface area (Å²) in [5.74, 6) is -0.657. The summed E-state index contributed by atoms with van der Waals surface area (Å²) in [7, 11) is 1.47. The molecule has 3 N–H and O–H groups in total. The summed E-state index contributed by atoms with van der Waals surface area (Å²) in [6.07, 6.45) is 0.686. The Hall–Kier alpha value is -2.28. The highest BCUT2D eigenvalue weighted by atomic mass is 16.5. The van der Waals surface area contributed by atoms with Crippen molar-refractivity contribution in [2.75, 3.05) is 32.2 Å². The van der Waals surface area contributed by atoms with Gasteiger partial charge in [0, 0.05) is 25.8 Å². The average Bonchev–Trinajstić information content (AvgIpc) is 2.46. The van der Waals surface area contributed by atoms with Crippen LogP contribution < -0.4 is 15.4 Å². The SMILES string of the molecule is CCOCCCNC(=O)Nc1cc(OC)ccc1C(=O)O. The Balaban J connectivity index is 2.59. The van der Waals surface area contributed by atoms with Crippen molar-refractivity contribution >= 4 is 17.7 Å². The Kier molecular flexibility index (Phi) is 7.03. The highest BCUT2D eigenvalue weighted by Crippen LogP contribution is 2.22. The van der Waals surface area contributed by atoms with Crippen molar-refractivity contribution in [3.63, 3.8) is 0 Å². The van der Waals surface area contributed by atoms with Gasteiger partial charge in [0.2, 0.25) is 0 Å². The van der Waals surface area contributed by atoms with Crippen molar-refractivity contribution in [1.82, 2.24) is 5.32 Å². The average molecular weight is 296 g/mol. The Bertz CT molecular complexity index is 490. The number of amides is 2. The minimum atomic E-state index is -1.12. The van der Waals surface area contributed by atoms with Gasteiger partial charge in [0.25, 0.3) is 0 Å². The smallest absolute Gasteiger partial charge is 0.337 e. The number of nitrogens with one attached hydrogen (secondary N) is 2. The lowest BCUT2D eigenvalue weighted by Gasteiger charge is -2.11. The molecule has 0 atom stereocenters. The van der Waals surface area contributed by atoms with Gasteiger partial charge in [-0.2, -0.15) is 0 Å². The fourth-order valence-corrected chi connectivity index (χ4v) is 1.63. The Morgan fingerprint density at radius 1 is 1.33 bits per heavy atom. The molecule has 0 radical (unpaired) electrons. The Labute approximate surface area is 123 Å². The highest BCUT2D eigenvalue weighted by Gasteiger charge is 2.13. The first-order valence-corrected chi connectivity index (χ1v) is 6.62. The minimum absolute atomic E-state index is 0.000247. The maximum Gasteiger partial charge on any atom is 0.337 e. The summed E-state index contributed by atoms with van der Waals surface area (Å²) in [6, 6.07) is 3.89. The van der Waals surface area contributed by atoms with Gasteiger partial charge in [-0.1, -0.05) is 0 Å². The van der Waals surface area contributed by atoms with E-state index >= 15 is 0 Å². The first-order chi connectivity index (χ1) is 10.1. The molecule has 0 aliphatic carbocycles. The van der Waals surface area contributed by atoms with Gasteiger partial charge in [-0.25, -0.2) is 9.59 Å². The van der Waals surface area contributed by atoms with Crippen molar-refractivity contribution in [1.29, 1.82) is 0 Å². The lowest BCUT2D eigenvalue weighted by Crippen LogP contribution is -2.30. The number of methoxy groups -OCH3 is 1. The van der Waals surface area contributed by atoms with Crippen molar-refractivity contribution in [2.45, 2.75) is 13.3 Å². The number of urea groups is 1. The second-order valence-electron chi connectivity index (χ2n) is 4.15. The molecule has 0 heterocycles. The summed E-state index contributed by atoms with van der Waals surface area (Å²) >= 11 is 0. The molecular formula is C14H20N2O5. The third-order valence-electron chi connectivity index (χ3n) is 2.66. The van der Waals surface area contributed by atoms with E-state index in [1.165, 1.54) is 25.3 Å². The normalized spacial score (nSPS) is 10.0. The number of benzene rings is 1. The van der Waals surface area contributed by atoms with Crippen LogP contribution in [-0.2, 0) is 4.74 Å². The van der Waals surface area contributed by atoms with Crippen LogP contribution >= 0.6 is 0 Å². The number of rotatable bonds is 8. The Morgan fingerprint density at radius 3 is 2.71 bits per heavy atom. The number of aromatic carboxylic acids is 1. The number of ether oxygens (including phenoxy) is 2. The largest absolute Gasteiger partial charge is 0.497 e. The molecule has 1 aromatic carbocycles. The molecule has 0 aromatic heterocycles. The number of anilines is 1. The summed E-state index contributed by atoms with van der Waals surface area (Å²) in [5.41, 5.74) is 0.185. The standard InChI is InChI=1S/C14H20N2O5/c1-3-21-8-4-7-15-14(19)16-12-9-10(20-2)5-6-11(12)13(17)18/h5-6,9H,3-4,7-8H2,1-2H3,(H,17,18)(H2,15,16,19). The van der Waals surface area contributed by atoms with E-state index in [2.05, 4.69) is 10.6 Å². The molecular weight excluding hydrogens is 276 g/mol. The maximum absolute atomic E-state index is 11.7. The van der Waals surface area contributed by atoms with E-state index in [1.807, 2.05) is 6.92 Å². The first kappa shape index (κ1) is 16.8. The van der Waals surface area contributed by atoms with E-state index in [0.717, 1.165) is 0 Å². The lowest BCUT2D eigenvalue weighted by atomic mass is 10.1. The van der Waals surface area contributed by atoms with Crippen LogP contribution in [0.25, 0.3) is 0 Å². The highest BCUT2D eigenvalue weighted by molar-refractivity contribution is 6.00. The minimum Gasteiger partial charge on any atom is -0.497 e. The molecule has 0 aliphatic heterocycles. The van der Waals surface area contributed by atoms with Crippen molar-refractivity contribution in [2.24, 2.45) is 0 Å². The number of carbonyl (C=O) groups is 2. The molecule has 0 aliphatic rings. The lowest BCUT2D eigenvalue weighted by molar-refractivity contribution is 0.0698. The molecule has 116 valence electrons. The second-order valence-corrected chi connectivity index (χ2v) is 4.15. The maximum atomic E-state index is 11.7. The number of carboxylic acids is 1. The zero-order chi connectivity index (χ0) is 15.7. The van der Waals surface area contributed by atoms with Crippen LogP contribution in [0.4, 0.5) is 10.5 Å². The van der Waals surface area contributed by atoms with E-state index in [1.54, 1.807) is 0 Å². The second kappa shape index (κ2) is 8.80. The van der Waals surface area contributed by atoms with Gasteiger partial charge >= 0.3 is 12.0 Å². The van der Waals surface area contributed by atoms with Crippen LogP contribution in [0.1, 0.15) is 23.7 Å². The van der Waals surface area contributed by atoms with E-state index in [-0.39, 0.29) is 11.3 Å². The zero-order valence-corrected chi connectivity index (χ0v) is 12.1. The monoisotopic (exact) mass is 296 g/mol. The number of carboxylic acid groups (broad SMARTS) is 1. The van der Waals surface area contributed by atoms with Crippen LogP contribution in [0, 0.1) is 0 Å². The number of hydrogen-bond acceptors (Lipinski definition) is 4. The van der Waals surface area contributed by atoms with E-state index < -0.39 is 12.0 Å². The summed E-state index contributed by atoms with van der Waals surface area (Å²) < 4.78 is 10.2. The van der Waals surface area contributed by atoms with Crippen LogP contribution in [0.15, 0.2) is 18.2 Å². The van der Waals surface area contributed by atoms with Crippen molar-refractivity contribution < 1.29 is 24.2 Å². The number of carbonyl (C=O) groups excluding carboxylic acids is 1. The van der Waals surface area contributed by atoms with E-state index in [0.29, 0.717) is 31.9 Å². The van der Waals surface area contributed by atoms with Gasteiger partial charge in [0.05, 0.1) is 18.4 Å². The van der Waals surface area contributed by atoms with Gasteiger partial charge in [0.1, 0.15) is 5.75 Å². The summed E-state index contributed by atoms with van der Waals surface area (Å²) in [4.78, 5) is 22.8.